The van der Waals surface area contributed by atoms with E-state index in [1.165, 1.54) is 18.6 Å². The third-order valence-electron chi connectivity index (χ3n) is 6.65. The number of allylic oxidation sites excluding steroid dienone is 2. The van der Waals surface area contributed by atoms with E-state index in [9.17, 15) is 4.79 Å². The Morgan fingerprint density at radius 1 is 1.11 bits per heavy atom. The van der Waals surface area contributed by atoms with Gasteiger partial charge in [-0.05, 0) is 29.8 Å². The van der Waals surface area contributed by atoms with Crippen LogP contribution in [0.25, 0.3) is 39.3 Å². The molecule has 2 aliphatic rings. The average molecular weight is 506 g/mol. The fourth-order valence-electron chi connectivity index (χ4n) is 4.66. The van der Waals surface area contributed by atoms with Crippen molar-refractivity contribution >= 4 is 28.2 Å². The molecule has 7 rings (SSSR count). The lowest BCUT2D eigenvalue weighted by molar-refractivity contribution is -0.115. The molecule has 11 heteroatoms. The molecule has 0 aromatic carbocycles. The first-order chi connectivity index (χ1) is 18.6. The predicted molar refractivity (Wildman–Crippen MR) is 139 cm³/mol. The van der Waals surface area contributed by atoms with Gasteiger partial charge in [0.05, 0.1) is 28.7 Å². The molecule has 5 aromatic heterocycles. The van der Waals surface area contributed by atoms with Crippen LogP contribution in [0.2, 0.25) is 0 Å². The second-order valence-electron chi connectivity index (χ2n) is 9.01. The van der Waals surface area contributed by atoms with E-state index in [0.717, 1.165) is 28.2 Å². The highest BCUT2D eigenvalue weighted by Crippen LogP contribution is 2.42. The van der Waals surface area contributed by atoms with Crippen molar-refractivity contribution in [2.45, 2.75) is 19.4 Å². The van der Waals surface area contributed by atoms with Gasteiger partial charge in [0.1, 0.15) is 17.6 Å². The number of H-pyrrole nitrogens is 2. The van der Waals surface area contributed by atoms with Gasteiger partial charge in [0, 0.05) is 53.6 Å². The molecule has 1 saturated heterocycles. The second kappa shape index (κ2) is 8.44. The lowest BCUT2D eigenvalue weighted by atomic mass is 10.0. The molecule has 10 nitrogen and oxygen atoms in total. The molecular weight excluding hydrogens is 485 g/mol. The van der Waals surface area contributed by atoms with Gasteiger partial charge in [-0.3, -0.25) is 19.9 Å². The van der Waals surface area contributed by atoms with Crippen molar-refractivity contribution in [2.24, 2.45) is 0 Å². The molecule has 38 heavy (non-hydrogen) atoms. The van der Waals surface area contributed by atoms with Crippen molar-refractivity contribution in [3.63, 3.8) is 0 Å². The van der Waals surface area contributed by atoms with E-state index in [4.69, 9.17) is 4.98 Å². The number of pyridine rings is 3. The maximum absolute atomic E-state index is 16.1. The maximum atomic E-state index is 16.1. The molecule has 1 atom stereocenters. The minimum atomic E-state index is -0.513. The molecule has 5 aromatic rings. The SMILES string of the molecule is CCC(=O)Nc1cncc(-c2cnc3n[nH]c(-c4nc5c([nH]4)C4NC4=CC=C5c4ccncc4)c3c2F)c1. The number of hydrogen-bond donors (Lipinski definition) is 4. The fourth-order valence-corrected chi connectivity index (χ4v) is 4.66. The highest BCUT2D eigenvalue weighted by Gasteiger charge is 2.37. The molecule has 1 aliphatic carbocycles. The normalized spacial score (nSPS) is 15.6. The van der Waals surface area contributed by atoms with Crippen LogP contribution in [-0.4, -0.2) is 41.0 Å². The molecule has 186 valence electrons. The molecule has 0 bridgehead atoms. The number of aromatic nitrogens is 7. The van der Waals surface area contributed by atoms with Gasteiger partial charge in [-0.15, -0.1) is 0 Å². The van der Waals surface area contributed by atoms with Gasteiger partial charge >= 0.3 is 0 Å². The molecular formula is C27H20FN9O. The van der Waals surface area contributed by atoms with E-state index in [0.29, 0.717) is 29.2 Å². The maximum Gasteiger partial charge on any atom is 0.224 e. The van der Waals surface area contributed by atoms with E-state index >= 15 is 4.39 Å². The molecule has 1 aliphatic heterocycles. The molecule has 6 heterocycles. The standard InChI is InChI=1S/C27H20FN9O/c1-2-19(38)32-15-9-14(10-30-11-15)17-12-31-26-20(21(17)28)24(36-37-26)27-34-22-16(13-5-7-29-8-6-13)3-4-18-23(33-18)25(22)35-27/h3-12,23,33H,2H2,1H3,(H,32,38)(H,34,35)(H,31,36,37). The van der Waals surface area contributed by atoms with Crippen LogP contribution >= 0.6 is 0 Å². The number of carbonyl (C=O) groups is 1. The summed E-state index contributed by atoms with van der Waals surface area (Å²) in [6, 6.07) is 5.54. The van der Waals surface area contributed by atoms with Crippen LogP contribution in [-0.2, 0) is 4.79 Å². The number of fused-ring (bicyclic) bond motifs is 4. The highest BCUT2D eigenvalue weighted by molar-refractivity contribution is 5.94. The Hall–Kier alpha value is -5.19. The number of imidazole rings is 1. The molecule has 0 saturated carbocycles. The third-order valence-corrected chi connectivity index (χ3v) is 6.65. The predicted octanol–water partition coefficient (Wildman–Crippen LogP) is 4.27. The number of halogens is 1. The number of hydrogen-bond acceptors (Lipinski definition) is 7. The smallest absolute Gasteiger partial charge is 0.224 e. The van der Waals surface area contributed by atoms with Crippen LogP contribution in [0.3, 0.4) is 0 Å². The number of rotatable bonds is 5. The van der Waals surface area contributed by atoms with Crippen LogP contribution in [0.15, 0.2) is 67.0 Å². The summed E-state index contributed by atoms with van der Waals surface area (Å²) in [5, 5.41) is 13.5. The largest absolute Gasteiger partial charge is 0.373 e. The van der Waals surface area contributed by atoms with E-state index in [-0.39, 0.29) is 28.5 Å². The number of anilines is 1. The Labute approximate surface area is 215 Å². The zero-order chi connectivity index (χ0) is 25.8. The van der Waals surface area contributed by atoms with Crippen molar-refractivity contribution in [1.29, 1.82) is 0 Å². The first kappa shape index (κ1) is 22.0. The van der Waals surface area contributed by atoms with Gasteiger partial charge in [-0.1, -0.05) is 13.0 Å². The Morgan fingerprint density at radius 2 is 1.97 bits per heavy atom. The number of nitrogens with zero attached hydrogens (tertiary/aromatic N) is 5. The minimum absolute atomic E-state index is 0.0155. The summed E-state index contributed by atoms with van der Waals surface area (Å²) in [5.74, 6) is -0.218. The summed E-state index contributed by atoms with van der Waals surface area (Å²) < 4.78 is 16.1. The molecule has 1 unspecified atom stereocenters. The van der Waals surface area contributed by atoms with Gasteiger partial charge in [-0.2, -0.15) is 5.10 Å². The van der Waals surface area contributed by atoms with Crippen LogP contribution in [0.4, 0.5) is 10.1 Å². The summed E-state index contributed by atoms with van der Waals surface area (Å²) in [6.45, 7) is 1.75. The van der Waals surface area contributed by atoms with E-state index in [1.807, 2.05) is 24.3 Å². The summed E-state index contributed by atoms with van der Waals surface area (Å²) in [5.41, 5.74) is 6.47. The monoisotopic (exact) mass is 505 g/mol. The Kier molecular flexibility index (Phi) is 4.90. The highest BCUT2D eigenvalue weighted by atomic mass is 19.1. The Balaban J connectivity index is 1.34. The lowest BCUT2D eigenvalue weighted by Gasteiger charge is -2.07. The van der Waals surface area contributed by atoms with Crippen molar-refractivity contribution < 1.29 is 9.18 Å². The second-order valence-corrected chi connectivity index (χ2v) is 9.01. The van der Waals surface area contributed by atoms with Crippen LogP contribution in [0.5, 0.6) is 0 Å². The van der Waals surface area contributed by atoms with Crippen molar-refractivity contribution in [3.05, 3.63) is 89.8 Å². The molecule has 0 radical (unpaired) electrons. The van der Waals surface area contributed by atoms with Crippen molar-refractivity contribution in [3.8, 4) is 22.6 Å². The van der Waals surface area contributed by atoms with Crippen LogP contribution < -0.4 is 10.6 Å². The molecule has 0 spiro atoms. The Bertz CT molecular complexity index is 1800. The van der Waals surface area contributed by atoms with Crippen molar-refractivity contribution in [1.82, 2.24) is 40.4 Å². The van der Waals surface area contributed by atoms with Crippen molar-refractivity contribution in [2.75, 3.05) is 5.32 Å². The van der Waals surface area contributed by atoms with E-state index in [1.54, 1.807) is 25.4 Å². The number of nitrogens with one attached hydrogen (secondary N) is 4. The zero-order valence-electron chi connectivity index (χ0n) is 20.1. The van der Waals surface area contributed by atoms with Crippen LogP contribution in [0, 0.1) is 5.82 Å². The number of aromatic amines is 2. The fraction of sp³-hybridized carbons (Fsp3) is 0.111. The third kappa shape index (κ3) is 3.55. The van der Waals surface area contributed by atoms with Gasteiger partial charge in [-0.25, -0.2) is 14.4 Å². The Morgan fingerprint density at radius 3 is 2.82 bits per heavy atom. The van der Waals surface area contributed by atoms with Crippen LogP contribution in [0.1, 0.15) is 36.3 Å². The van der Waals surface area contributed by atoms with E-state index < -0.39 is 5.82 Å². The summed E-state index contributed by atoms with van der Waals surface area (Å²) in [6.07, 6.45) is 12.3. The molecule has 1 amide bonds. The average Bonchev–Trinajstić information content (AvgIpc) is 3.41. The molecule has 1 fully saturated rings. The molecule has 4 N–H and O–H groups in total. The first-order valence-corrected chi connectivity index (χ1v) is 12.1. The van der Waals surface area contributed by atoms with Gasteiger partial charge in [0.2, 0.25) is 5.91 Å². The zero-order valence-corrected chi connectivity index (χ0v) is 20.1. The van der Waals surface area contributed by atoms with Gasteiger partial charge in [0.25, 0.3) is 0 Å². The summed E-state index contributed by atoms with van der Waals surface area (Å²) in [4.78, 5) is 32.8. The quantitative estimate of drug-likeness (QED) is 0.261. The summed E-state index contributed by atoms with van der Waals surface area (Å²) >= 11 is 0. The number of amides is 1. The first-order valence-electron chi connectivity index (χ1n) is 12.1. The lowest BCUT2D eigenvalue weighted by Crippen LogP contribution is -2.09. The topological polar surface area (TPSA) is 147 Å². The van der Waals surface area contributed by atoms with Gasteiger partial charge < -0.3 is 15.6 Å². The number of carbonyl (C=O) groups excluding carboxylic acids is 1. The minimum Gasteiger partial charge on any atom is -0.373 e. The van der Waals surface area contributed by atoms with Gasteiger partial charge in [0.15, 0.2) is 11.5 Å². The van der Waals surface area contributed by atoms with E-state index in [2.05, 4.69) is 40.8 Å². The summed E-state index contributed by atoms with van der Waals surface area (Å²) in [7, 11) is 0.